The molecule has 0 aromatic heterocycles. The number of hydrogen-bond acceptors (Lipinski definition) is 3. The molecule has 0 spiro atoms. The van der Waals surface area contributed by atoms with E-state index in [0.717, 1.165) is 37.9 Å². The Morgan fingerprint density at radius 1 is 1.33 bits per heavy atom. The molecule has 1 fully saturated rings. The summed E-state index contributed by atoms with van der Waals surface area (Å²) >= 11 is 0. The summed E-state index contributed by atoms with van der Waals surface area (Å²) in [5.74, 6) is -0.908. The number of aliphatic carboxylic acids is 1. The van der Waals surface area contributed by atoms with Crippen molar-refractivity contribution in [2.24, 2.45) is 5.41 Å². The predicted molar refractivity (Wildman–Crippen MR) is 79.5 cm³/mol. The number of hydrogen-bond donors (Lipinski definition) is 3. The van der Waals surface area contributed by atoms with Crippen LogP contribution in [0.4, 0.5) is 5.69 Å². The highest BCUT2D eigenvalue weighted by molar-refractivity contribution is 5.95. The summed E-state index contributed by atoms with van der Waals surface area (Å²) in [5, 5.41) is 15.1. The van der Waals surface area contributed by atoms with Gasteiger partial charge in [-0.05, 0) is 42.4 Å². The minimum Gasteiger partial charge on any atom is -0.481 e. The van der Waals surface area contributed by atoms with Gasteiger partial charge in [0.2, 0.25) is 0 Å². The molecule has 1 aromatic carbocycles. The van der Waals surface area contributed by atoms with Crippen LogP contribution in [0.1, 0.15) is 41.6 Å². The molecule has 0 atom stereocenters. The standard InChI is InChI=1S/C16H20N2O3/c19-14(20)9-16(5-1-6-16)10-18-15(21)12-3-2-11-4-7-17-13(11)8-12/h2-3,8,17H,1,4-7,9-10H2,(H,18,21)(H,19,20). The summed E-state index contributed by atoms with van der Waals surface area (Å²) in [4.78, 5) is 23.2. The van der Waals surface area contributed by atoms with Crippen LogP contribution < -0.4 is 10.6 Å². The third-order valence-corrected chi connectivity index (χ3v) is 4.65. The lowest BCUT2D eigenvalue weighted by molar-refractivity contribution is -0.141. The maximum Gasteiger partial charge on any atom is 0.303 e. The molecule has 1 aromatic rings. The van der Waals surface area contributed by atoms with E-state index in [0.29, 0.717) is 12.1 Å². The Morgan fingerprint density at radius 2 is 2.14 bits per heavy atom. The molecule has 1 saturated carbocycles. The lowest BCUT2D eigenvalue weighted by Crippen LogP contribution is -2.43. The van der Waals surface area contributed by atoms with Gasteiger partial charge in [-0.15, -0.1) is 0 Å². The third-order valence-electron chi connectivity index (χ3n) is 4.65. The molecule has 1 aliphatic heterocycles. The van der Waals surface area contributed by atoms with Crippen molar-refractivity contribution in [3.63, 3.8) is 0 Å². The third kappa shape index (κ3) is 2.86. The molecule has 3 rings (SSSR count). The largest absolute Gasteiger partial charge is 0.481 e. The van der Waals surface area contributed by atoms with Crippen LogP contribution in [0.2, 0.25) is 0 Å². The van der Waals surface area contributed by atoms with Crippen LogP contribution in [-0.4, -0.2) is 30.1 Å². The van der Waals surface area contributed by atoms with Gasteiger partial charge >= 0.3 is 5.97 Å². The molecule has 5 nitrogen and oxygen atoms in total. The number of carbonyl (C=O) groups excluding carboxylic acids is 1. The molecule has 2 aliphatic rings. The second kappa shape index (κ2) is 5.39. The molecule has 0 saturated heterocycles. The average Bonchev–Trinajstić information content (AvgIpc) is 2.88. The van der Waals surface area contributed by atoms with E-state index in [2.05, 4.69) is 10.6 Å². The topological polar surface area (TPSA) is 78.4 Å². The Labute approximate surface area is 123 Å². The summed E-state index contributed by atoms with van der Waals surface area (Å²) in [7, 11) is 0. The van der Waals surface area contributed by atoms with Gasteiger partial charge in [0.05, 0.1) is 6.42 Å². The first kappa shape index (κ1) is 13.9. The number of amides is 1. The molecule has 1 amide bonds. The van der Waals surface area contributed by atoms with E-state index < -0.39 is 5.97 Å². The Kier molecular flexibility index (Phi) is 3.57. The van der Waals surface area contributed by atoms with Gasteiger partial charge in [-0.2, -0.15) is 0 Å². The Hall–Kier alpha value is -2.04. The molecule has 0 unspecified atom stereocenters. The van der Waals surface area contributed by atoms with E-state index in [1.54, 1.807) is 0 Å². The highest BCUT2D eigenvalue weighted by Crippen LogP contribution is 2.43. The van der Waals surface area contributed by atoms with Crippen LogP contribution in [0.5, 0.6) is 0 Å². The SMILES string of the molecule is O=C(O)CC1(CNC(=O)c2ccc3c(c2)NCC3)CCC1. The summed E-state index contributed by atoms with van der Waals surface area (Å²) in [6, 6.07) is 5.70. The first-order valence-corrected chi connectivity index (χ1v) is 7.45. The first-order chi connectivity index (χ1) is 10.1. The van der Waals surface area contributed by atoms with Crippen LogP contribution >= 0.6 is 0 Å². The van der Waals surface area contributed by atoms with Crippen LogP contribution in [0, 0.1) is 5.41 Å². The van der Waals surface area contributed by atoms with Crippen LogP contribution in [0.25, 0.3) is 0 Å². The van der Waals surface area contributed by atoms with Gasteiger partial charge in [-0.3, -0.25) is 9.59 Å². The number of carbonyl (C=O) groups is 2. The first-order valence-electron chi connectivity index (χ1n) is 7.45. The van der Waals surface area contributed by atoms with E-state index in [4.69, 9.17) is 5.11 Å². The normalized spacial score (nSPS) is 18.3. The van der Waals surface area contributed by atoms with Gasteiger partial charge in [0.15, 0.2) is 0 Å². The van der Waals surface area contributed by atoms with E-state index in [9.17, 15) is 9.59 Å². The molecule has 0 bridgehead atoms. The Bertz CT molecular complexity index is 579. The number of anilines is 1. The van der Waals surface area contributed by atoms with Gasteiger partial charge < -0.3 is 15.7 Å². The van der Waals surface area contributed by atoms with Crippen molar-refractivity contribution >= 4 is 17.6 Å². The highest BCUT2D eigenvalue weighted by Gasteiger charge is 2.39. The van der Waals surface area contributed by atoms with Crippen molar-refractivity contribution in [1.29, 1.82) is 0 Å². The molecule has 5 heteroatoms. The van der Waals surface area contributed by atoms with Crippen molar-refractivity contribution in [3.8, 4) is 0 Å². The van der Waals surface area contributed by atoms with Gasteiger partial charge in [0, 0.05) is 24.3 Å². The monoisotopic (exact) mass is 288 g/mol. The molecular formula is C16H20N2O3. The molecule has 1 aliphatic carbocycles. The second-order valence-corrected chi connectivity index (χ2v) is 6.16. The van der Waals surface area contributed by atoms with Gasteiger partial charge in [0.25, 0.3) is 5.91 Å². The number of rotatable bonds is 5. The van der Waals surface area contributed by atoms with Crippen LogP contribution in [-0.2, 0) is 11.2 Å². The lowest BCUT2D eigenvalue weighted by Gasteiger charge is -2.40. The zero-order valence-electron chi connectivity index (χ0n) is 11.9. The van der Waals surface area contributed by atoms with E-state index in [1.165, 1.54) is 5.56 Å². The smallest absolute Gasteiger partial charge is 0.303 e. The molecule has 1 heterocycles. The van der Waals surface area contributed by atoms with Gasteiger partial charge in [-0.1, -0.05) is 12.5 Å². The summed E-state index contributed by atoms with van der Waals surface area (Å²) in [6.07, 6.45) is 3.94. The van der Waals surface area contributed by atoms with Crippen molar-refractivity contribution in [3.05, 3.63) is 29.3 Å². The second-order valence-electron chi connectivity index (χ2n) is 6.16. The molecule has 3 N–H and O–H groups in total. The van der Waals surface area contributed by atoms with Gasteiger partial charge in [-0.25, -0.2) is 0 Å². The van der Waals surface area contributed by atoms with Crippen molar-refractivity contribution in [2.75, 3.05) is 18.4 Å². The van der Waals surface area contributed by atoms with Crippen LogP contribution in [0.15, 0.2) is 18.2 Å². The maximum atomic E-state index is 12.2. The number of carboxylic acid groups (broad SMARTS) is 1. The quantitative estimate of drug-likeness (QED) is 0.774. The Balaban J connectivity index is 1.62. The summed E-state index contributed by atoms with van der Waals surface area (Å²) in [6.45, 7) is 1.37. The fraction of sp³-hybridized carbons (Fsp3) is 0.500. The lowest BCUT2D eigenvalue weighted by atomic mass is 9.66. The summed E-state index contributed by atoms with van der Waals surface area (Å²) < 4.78 is 0. The van der Waals surface area contributed by atoms with Crippen LogP contribution in [0.3, 0.4) is 0 Å². The number of fused-ring (bicyclic) bond motifs is 1. The Morgan fingerprint density at radius 3 is 2.81 bits per heavy atom. The molecular weight excluding hydrogens is 268 g/mol. The van der Waals surface area contributed by atoms with E-state index >= 15 is 0 Å². The van der Waals surface area contributed by atoms with Crippen molar-refractivity contribution < 1.29 is 14.7 Å². The van der Waals surface area contributed by atoms with E-state index in [1.807, 2.05) is 18.2 Å². The fourth-order valence-corrected chi connectivity index (χ4v) is 3.22. The predicted octanol–water partition coefficient (Wildman–Crippen LogP) is 2.03. The minimum absolute atomic E-state index is 0.122. The number of carboxylic acids is 1. The van der Waals surface area contributed by atoms with E-state index in [-0.39, 0.29) is 17.7 Å². The molecule has 112 valence electrons. The highest BCUT2D eigenvalue weighted by atomic mass is 16.4. The zero-order valence-corrected chi connectivity index (χ0v) is 11.9. The maximum absolute atomic E-state index is 12.2. The van der Waals surface area contributed by atoms with Crippen molar-refractivity contribution in [2.45, 2.75) is 32.1 Å². The average molecular weight is 288 g/mol. The fourth-order valence-electron chi connectivity index (χ4n) is 3.22. The number of benzene rings is 1. The minimum atomic E-state index is -0.786. The summed E-state index contributed by atoms with van der Waals surface area (Å²) in [5.41, 5.74) is 2.67. The van der Waals surface area contributed by atoms with Gasteiger partial charge in [0.1, 0.15) is 0 Å². The molecule has 21 heavy (non-hydrogen) atoms. The van der Waals surface area contributed by atoms with Crippen molar-refractivity contribution in [1.82, 2.24) is 5.32 Å². The zero-order chi connectivity index (χ0) is 14.9. The number of nitrogens with one attached hydrogen (secondary N) is 2. The molecule has 0 radical (unpaired) electrons.